The highest BCUT2D eigenvalue weighted by atomic mass is 32.2. The normalized spacial score (nSPS) is 20.7. The van der Waals surface area contributed by atoms with Crippen LogP contribution in [0.1, 0.15) is 89.9 Å². The fourth-order valence-electron chi connectivity index (χ4n) is 4.68. The highest BCUT2D eigenvalue weighted by Crippen LogP contribution is 2.33. The molecule has 0 aromatic heterocycles. The third kappa shape index (κ3) is 12.0. The molecular weight excluding hydrogens is 468 g/mol. The number of aliphatic carboxylic acids is 1. The molecule has 2 rings (SSSR count). The Labute approximate surface area is 213 Å². The number of urea groups is 1. The minimum absolute atomic E-state index is 0.00380. The topological polar surface area (TPSA) is 128 Å². The zero-order valence-corrected chi connectivity index (χ0v) is 22.0. The van der Waals surface area contributed by atoms with Crippen LogP contribution in [0.4, 0.5) is 4.79 Å². The molecule has 2 aliphatic rings. The van der Waals surface area contributed by atoms with Gasteiger partial charge in [-0.1, -0.05) is 51.4 Å². The van der Waals surface area contributed by atoms with Crippen molar-refractivity contribution in [2.75, 3.05) is 25.9 Å². The van der Waals surface area contributed by atoms with Gasteiger partial charge in [0.05, 0.1) is 18.6 Å². The Morgan fingerprint density at radius 1 is 0.943 bits per heavy atom. The van der Waals surface area contributed by atoms with E-state index in [2.05, 4.69) is 16.0 Å². The first-order valence-electron chi connectivity index (χ1n) is 13.3. The molecule has 0 radical (unpaired) electrons. The second-order valence-electron chi connectivity index (χ2n) is 9.79. The molecule has 0 aromatic carbocycles. The zero-order valence-electron chi connectivity index (χ0n) is 21.2. The maximum absolute atomic E-state index is 12.3. The van der Waals surface area contributed by atoms with E-state index in [0.717, 1.165) is 70.0 Å². The molecule has 0 unspecified atom stereocenters. The second-order valence-corrected chi connectivity index (χ2v) is 11.1. The number of hydrogen-bond acceptors (Lipinski definition) is 5. The van der Waals surface area contributed by atoms with Crippen LogP contribution in [-0.4, -0.2) is 77.0 Å². The molecule has 0 saturated carbocycles. The van der Waals surface area contributed by atoms with Crippen LogP contribution < -0.4 is 16.0 Å². The molecule has 0 aliphatic carbocycles. The summed E-state index contributed by atoms with van der Waals surface area (Å²) in [4.78, 5) is 47.9. The summed E-state index contributed by atoms with van der Waals surface area (Å²) in [6.07, 6.45) is 13.0. The molecule has 3 atom stereocenters. The van der Waals surface area contributed by atoms with E-state index in [4.69, 9.17) is 5.11 Å². The Morgan fingerprint density at radius 2 is 1.57 bits per heavy atom. The van der Waals surface area contributed by atoms with Crippen molar-refractivity contribution in [3.63, 3.8) is 0 Å². The Bertz CT molecular complexity index is 693. The van der Waals surface area contributed by atoms with E-state index >= 15 is 0 Å². The van der Waals surface area contributed by atoms with E-state index in [1.807, 2.05) is 11.8 Å². The van der Waals surface area contributed by atoms with E-state index in [0.29, 0.717) is 18.2 Å². The lowest BCUT2D eigenvalue weighted by atomic mass is 10.0. The van der Waals surface area contributed by atoms with Crippen molar-refractivity contribution in [2.45, 2.75) is 107 Å². The number of nitrogens with zero attached hydrogens (tertiary/aromatic N) is 1. The molecule has 4 amide bonds. The lowest BCUT2D eigenvalue weighted by molar-refractivity contribution is -0.137. The number of carboxylic acids is 1. The van der Waals surface area contributed by atoms with Gasteiger partial charge in [-0.15, -0.1) is 0 Å². The number of rotatable bonds is 19. The fraction of sp³-hybridized carbons (Fsp3) is 0.840. The van der Waals surface area contributed by atoms with E-state index in [-0.39, 0.29) is 42.9 Å². The van der Waals surface area contributed by atoms with E-state index in [1.54, 1.807) is 7.05 Å². The molecule has 0 aromatic rings. The molecule has 2 saturated heterocycles. The Balaban J connectivity index is 1.39. The number of carbonyl (C=O) groups excluding carboxylic acids is 3. The molecule has 2 fully saturated rings. The maximum atomic E-state index is 12.3. The van der Waals surface area contributed by atoms with Crippen LogP contribution in [0, 0.1) is 0 Å². The summed E-state index contributed by atoms with van der Waals surface area (Å²) in [7, 11) is 1.68. The van der Waals surface area contributed by atoms with Gasteiger partial charge in [-0.05, 0) is 25.7 Å². The summed E-state index contributed by atoms with van der Waals surface area (Å²) in [5.74, 6) is 0.122. The smallest absolute Gasteiger partial charge is 0.315 e. The van der Waals surface area contributed by atoms with Crippen molar-refractivity contribution in [1.82, 2.24) is 20.9 Å². The molecule has 9 nitrogen and oxygen atoms in total. The van der Waals surface area contributed by atoms with Gasteiger partial charge in [0.1, 0.15) is 0 Å². The molecule has 2 heterocycles. The predicted molar refractivity (Wildman–Crippen MR) is 138 cm³/mol. The van der Waals surface area contributed by atoms with Crippen LogP contribution in [0.2, 0.25) is 0 Å². The van der Waals surface area contributed by atoms with Crippen LogP contribution in [0.5, 0.6) is 0 Å². The number of nitrogens with one attached hydrogen (secondary N) is 3. The van der Waals surface area contributed by atoms with E-state index in [1.165, 1.54) is 17.7 Å². The average molecular weight is 513 g/mol. The third-order valence-electron chi connectivity index (χ3n) is 6.76. The Morgan fingerprint density at radius 3 is 2.26 bits per heavy atom. The largest absolute Gasteiger partial charge is 0.481 e. The van der Waals surface area contributed by atoms with Gasteiger partial charge in [-0.3, -0.25) is 14.4 Å². The summed E-state index contributed by atoms with van der Waals surface area (Å²) in [6.45, 7) is 0.739. The molecule has 35 heavy (non-hydrogen) atoms. The van der Waals surface area contributed by atoms with Crippen LogP contribution in [0.3, 0.4) is 0 Å². The molecule has 2 aliphatic heterocycles. The lowest BCUT2D eigenvalue weighted by Gasteiger charge is -2.18. The van der Waals surface area contributed by atoms with Crippen molar-refractivity contribution in [2.24, 2.45) is 0 Å². The van der Waals surface area contributed by atoms with Gasteiger partial charge < -0.3 is 26.0 Å². The molecule has 4 N–H and O–H groups in total. The zero-order chi connectivity index (χ0) is 25.5. The van der Waals surface area contributed by atoms with E-state index in [9.17, 15) is 19.2 Å². The molecule has 0 spiro atoms. The number of hydrogen-bond donors (Lipinski definition) is 4. The van der Waals surface area contributed by atoms with Gasteiger partial charge in [0.15, 0.2) is 0 Å². The van der Waals surface area contributed by atoms with Gasteiger partial charge in [0, 0.05) is 37.4 Å². The number of thioether (sulfide) groups is 1. The van der Waals surface area contributed by atoms with Gasteiger partial charge >= 0.3 is 12.0 Å². The summed E-state index contributed by atoms with van der Waals surface area (Å²) < 4.78 is 0. The summed E-state index contributed by atoms with van der Waals surface area (Å²) >= 11 is 1.89. The first-order chi connectivity index (χ1) is 16.9. The van der Waals surface area contributed by atoms with Crippen LogP contribution in [0.15, 0.2) is 0 Å². The van der Waals surface area contributed by atoms with Crippen molar-refractivity contribution in [3.8, 4) is 0 Å². The van der Waals surface area contributed by atoms with Crippen molar-refractivity contribution < 1.29 is 24.3 Å². The minimum atomic E-state index is -0.710. The fourth-order valence-corrected chi connectivity index (χ4v) is 6.23. The first kappa shape index (κ1) is 29.3. The third-order valence-corrected chi connectivity index (χ3v) is 8.27. The van der Waals surface area contributed by atoms with Crippen molar-refractivity contribution in [3.05, 3.63) is 0 Å². The van der Waals surface area contributed by atoms with E-state index < -0.39 is 5.97 Å². The summed E-state index contributed by atoms with van der Waals surface area (Å²) in [5, 5.41) is 17.9. The molecule has 10 heteroatoms. The Hall–Kier alpha value is -1.97. The number of carbonyl (C=O) groups is 4. The van der Waals surface area contributed by atoms with Crippen LogP contribution in [0.25, 0.3) is 0 Å². The molecule has 200 valence electrons. The van der Waals surface area contributed by atoms with Gasteiger partial charge in [-0.2, -0.15) is 11.8 Å². The molecule has 0 bridgehead atoms. The average Bonchev–Trinajstić information content (AvgIpc) is 3.36. The number of carboxylic acid groups (broad SMARTS) is 1. The number of likely N-dealkylation sites (N-methyl/N-ethyl adjacent to an activating group) is 1. The molecular formula is C25H44N4O5S. The number of unbranched alkanes of at least 4 members (excludes halogenated alkanes) is 9. The minimum Gasteiger partial charge on any atom is -0.481 e. The summed E-state index contributed by atoms with van der Waals surface area (Å²) in [6, 6.07) is 0.368. The maximum Gasteiger partial charge on any atom is 0.315 e. The quantitative estimate of drug-likeness (QED) is 0.155. The van der Waals surface area contributed by atoms with Crippen LogP contribution >= 0.6 is 11.8 Å². The van der Waals surface area contributed by atoms with Gasteiger partial charge in [-0.25, -0.2) is 4.79 Å². The SMILES string of the molecule is CN(CC(=O)NCCCCCCCCCCCC(=O)O)C(=O)CCCC[C@@H]1SC[C@@H]2NC(=O)N[C@@H]21. The lowest BCUT2D eigenvalue weighted by Crippen LogP contribution is -2.38. The second kappa shape index (κ2) is 16.7. The van der Waals surface area contributed by atoms with Gasteiger partial charge in [0.25, 0.3) is 0 Å². The Kier molecular flexibility index (Phi) is 13.9. The predicted octanol–water partition coefficient (Wildman–Crippen LogP) is 3.27. The summed E-state index contributed by atoms with van der Waals surface area (Å²) in [5.41, 5.74) is 0. The number of amides is 4. The van der Waals surface area contributed by atoms with Crippen molar-refractivity contribution >= 4 is 35.6 Å². The number of fused-ring (bicyclic) bond motifs is 1. The highest BCUT2D eigenvalue weighted by molar-refractivity contribution is 8.00. The van der Waals surface area contributed by atoms with Gasteiger partial charge in [0.2, 0.25) is 11.8 Å². The first-order valence-corrected chi connectivity index (χ1v) is 14.3. The van der Waals surface area contributed by atoms with Crippen LogP contribution in [-0.2, 0) is 14.4 Å². The standard InChI is InChI=1S/C25H44N4O5S/c1-29(22(31)14-11-10-13-20-24-19(18-35-20)27-25(34)28-24)17-21(30)26-16-12-8-6-4-2-3-5-7-9-15-23(32)33/h19-20,24H,2-18H2,1H3,(H,26,30)(H,32,33)(H2,27,28,34)/t19-,20-,24-/m0/s1. The highest BCUT2D eigenvalue weighted by Gasteiger charge is 2.42. The monoisotopic (exact) mass is 512 g/mol. The van der Waals surface area contributed by atoms with Crippen molar-refractivity contribution in [1.29, 1.82) is 0 Å².